The normalized spacial score (nSPS) is 8.54. The molecule has 0 bridgehead atoms. The average molecular weight is 565 g/mol. The lowest BCUT2D eigenvalue weighted by molar-refractivity contribution is -0.133. The summed E-state index contributed by atoms with van der Waals surface area (Å²) < 4.78 is 0. The van der Waals surface area contributed by atoms with Crippen molar-refractivity contribution in [3.05, 3.63) is 60.8 Å². The highest BCUT2D eigenvalue weighted by Crippen LogP contribution is 2.18. The van der Waals surface area contributed by atoms with Crippen molar-refractivity contribution >= 4 is 29.8 Å². The van der Waals surface area contributed by atoms with E-state index in [9.17, 15) is 24.0 Å². The highest BCUT2D eigenvalue weighted by molar-refractivity contribution is 5.86. The van der Waals surface area contributed by atoms with Crippen LogP contribution in [0.4, 0.5) is 0 Å². The van der Waals surface area contributed by atoms with Crippen molar-refractivity contribution in [2.75, 3.05) is 19.8 Å². The average Bonchev–Trinajstić information content (AvgIpc) is 2.82. The van der Waals surface area contributed by atoms with Gasteiger partial charge in [-0.1, -0.05) is 39.8 Å². The van der Waals surface area contributed by atoms with E-state index in [4.69, 9.17) is 40.9 Å². The second-order valence-corrected chi connectivity index (χ2v) is 7.76. The van der Waals surface area contributed by atoms with Gasteiger partial charge in [-0.15, -0.1) is 0 Å². The number of carbonyl (C=O) groups is 5. The summed E-state index contributed by atoms with van der Waals surface area (Å²) >= 11 is 0. The van der Waals surface area contributed by atoms with Gasteiger partial charge in [0.25, 0.3) is 0 Å². The Morgan fingerprint density at radius 1 is 0.462 bits per heavy atom. The standard InChI is InChI=1S/C6H14O3.5C4H6O2/c1-2-6(3-7,4-8)5-9;5*1-3(2)4(5)6/h7-9H,2-5H2,1H3;5*1H2,2H3,(H,5,6). The van der Waals surface area contributed by atoms with E-state index in [1.807, 2.05) is 6.92 Å². The fraction of sp³-hybridized carbons (Fsp3) is 0.423. The molecule has 0 saturated heterocycles. The monoisotopic (exact) mass is 564 g/mol. The largest absolute Gasteiger partial charge is 0.478 e. The zero-order chi connectivity index (χ0) is 33.1. The molecule has 8 N–H and O–H groups in total. The summed E-state index contributed by atoms with van der Waals surface area (Å²) in [4.78, 5) is 48.0. The summed E-state index contributed by atoms with van der Waals surface area (Å²) in [6.07, 6.45) is 0.594. The van der Waals surface area contributed by atoms with Crippen molar-refractivity contribution in [2.24, 2.45) is 5.41 Å². The van der Waals surface area contributed by atoms with Crippen LogP contribution in [0.2, 0.25) is 0 Å². The number of aliphatic carboxylic acids is 5. The highest BCUT2D eigenvalue weighted by Gasteiger charge is 2.24. The molecule has 0 aliphatic rings. The molecule has 0 fully saturated rings. The SMILES string of the molecule is C=C(C)C(=O)O.C=C(C)C(=O)O.C=C(C)C(=O)O.C=C(C)C(=O)O.C=C(C)C(=O)O.CCC(CO)(CO)CO. The predicted octanol–water partition coefficient (Wildman–Crippen LogP) is 2.60. The third-order valence-electron chi connectivity index (χ3n) is 3.58. The third kappa shape index (κ3) is 44.3. The second-order valence-electron chi connectivity index (χ2n) is 7.76. The van der Waals surface area contributed by atoms with E-state index in [1.54, 1.807) is 0 Å². The summed E-state index contributed by atoms with van der Waals surface area (Å²) in [6, 6.07) is 0. The minimum atomic E-state index is -0.935. The lowest BCUT2D eigenvalue weighted by Crippen LogP contribution is -2.32. The lowest BCUT2D eigenvalue weighted by atomic mass is 9.88. The van der Waals surface area contributed by atoms with Crippen LogP contribution in [0.25, 0.3) is 0 Å². The Bertz CT molecular complexity index is 631. The van der Waals surface area contributed by atoms with Crippen LogP contribution < -0.4 is 0 Å². The van der Waals surface area contributed by atoms with E-state index >= 15 is 0 Å². The maximum absolute atomic E-state index is 9.60. The van der Waals surface area contributed by atoms with E-state index in [-0.39, 0.29) is 47.7 Å². The minimum Gasteiger partial charge on any atom is -0.478 e. The Balaban J connectivity index is -0.0000000845. The Morgan fingerprint density at radius 2 is 0.564 bits per heavy atom. The molecular weight excluding hydrogens is 520 g/mol. The Labute approximate surface area is 229 Å². The number of carboxylic acids is 5. The van der Waals surface area contributed by atoms with Gasteiger partial charge in [-0.05, 0) is 41.0 Å². The van der Waals surface area contributed by atoms with Gasteiger partial charge in [-0.3, -0.25) is 0 Å². The number of hydrogen-bond acceptors (Lipinski definition) is 8. The molecule has 39 heavy (non-hydrogen) atoms. The number of hydrogen-bond donors (Lipinski definition) is 8. The molecular formula is C26H44O13. The van der Waals surface area contributed by atoms with Crippen LogP contribution in [0.5, 0.6) is 0 Å². The molecule has 0 heterocycles. The molecule has 0 aliphatic heterocycles. The minimum absolute atomic E-state index is 0.156. The molecule has 0 saturated carbocycles. The van der Waals surface area contributed by atoms with E-state index in [2.05, 4.69) is 32.9 Å². The van der Waals surface area contributed by atoms with E-state index in [1.165, 1.54) is 34.6 Å². The maximum Gasteiger partial charge on any atom is 0.330 e. The molecule has 0 unspecified atom stereocenters. The van der Waals surface area contributed by atoms with Gasteiger partial charge in [0.1, 0.15) is 0 Å². The van der Waals surface area contributed by atoms with Gasteiger partial charge < -0.3 is 40.9 Å². The fourth-order valence-electron chi connectivity index (χ4n) is 0.485. The molecule has 0 spiro atoms. The van der Waals surface area contributed by atoms with Gasteiger partial charge >= 0.3 is 29.8 Å². The Hall–Kier alpha value is -4.07. The first kappa shape index (κ1) is 48.0. The van der Waals surface area contributed by atoms with Crippen LogP contribution >= 0.6 is 0 Å². The van der Waals surface area contributed by atoms with Crippen molar-refractivity contribution in [1.29, 1.82) is 0 Å². The topological polar surface area (TPSA) is 247 Å². The maximum atomic E-state index is 9.60. The van der Waals surface area contributed by atoms with Crippen molar-refractivity contribution in [3.8, 4) is 0 Å². The van der Waals surface area contributed by atoms with Crippen LogP contribution in [-0.4, -0.2) is 90.5 Å². The zero-order valence-electron chi connectivity index (χ0n) is 23.5. The van der Waals surface area contributed by atoms with Crippen LogP contribution in [0.1, 0.15) is 48.0 Å². The molecule has 0 aromatic heterocycles. The number of aliphatic hydroxyl groups excluding tert-OH is 3. The van der Waals surface area contributed by atoms with E-state index < -0.39 is 35.3 Å². The highest BCUT2D eigenvalue weighted by atomic mass is 16.4. The molecule has 0 rings (SSSR count). The molecule has 13 heteroatoms. The first-order chi connectivity index (χ1) is 17.5. The van der Waals surface area contributed by atoms with Gasteiger partial charge in [0.15, 0.2) is 0 Å². The summed E-state index contributed by atoms with van der Waals surface area (Å²) in [5.41, 5.74) is 0.213. The molecule has 0 amide bonds. The quantitative estimate of drug-likeness (QED) is 0.188. The third-order valence-corrected chi connectivity index (χ3v) is 3.58. The first-order valence-corrected chi connectivity index (χ1v) is 10.7. The van der Waals surface area contributed by atoms with E-state index in [0.717, 1.165) is 0 Å². The lowest BCUT2D eigenvalue weighted by Gasteiger charge is -2.24. The molecule has 13 nitrogen and oxygen atoms in total. The smallest absolute Gasteiger partial charge is 0.330 e. The number of rotatable bonds is 9. The first-order valence-electron chi connectivity index (χ1n) is 10.7. The Kier molecular flexibility index (Phi) is 35.1. The Morgan fingerprint density at radius 3 is 0.564 bits per heavy atom. The van der Waals surface area contributed by atoms with Crippen LogP contribution in [-0.2, 0) is 24.0 Å². The van der Waals surface area contributed by atoms with Crippen molar-refractivity contribution < 1.29 is 64.8 Å². The van der Waals surface area contributed by atoms with Crippen LogP contribution in [0, 0.1) is 5.41 Å². The number of aliphatic hydroxyl groups is 3. The van der Waals surface area contributed by atoms with Crippen molar-refractivity contribution in [2.45, 2.75) is 48.0 Å². The summed E-state index contributed by atoms with van der Waals surface area (Å²) in [5, 5.41) is 65.4. The molecule has 0 atom stereocenters. The van der Waals surface area contributed by atoms with Gasteiger partial charge in [0.05, 0.1) is 19.8 Å². The van der Waals surface area contributed by atoms with E-state index in [0.29, 0.717) is 6.42 Å². The summed E-state index contributed by atoms with van der Waals surface area (Å²) in [5.74, 6) is -4.68. The van der Waals surface area contributed by atoms with Gasteiger partial charge in [-0.2, -0.15) is 0 Å². The van der Waals surface area contributed by atoms with Crippen molar-refractivity contribution in [3.63, 3.8) is 0 Å². The molecule has 0 aliphatic carbocycles. The van der Waals surface area contributed by atoms with Gasteiger partial charge in [-0.25, -0.2) is 24.0 Å². The second kappa shape index (κ2) is 28.5. The summed E-state index contributed by atoms with van der Waals surface area (Å²) in [7, 11) is 0. The predicted molar refractivity (Wildman–Crippen MR) is 146 cm³/mol. The van der Waals surface area contributed by atoms with Gasteiger partial charge in [0, 0.05) is 33.3 Å². The fourth-order valence-corrected chi connectivity index (χ4v) is 0.485. The molecule has 0 aromatic rings. The summed E-state index contributed by atoms with van der Waals surface area (Å²) in [6.45, 7) is 24.4. The number of carboxylic acid groups (broad SMARTS) is 5. The molecule has 0 aromatic carbocycles. The van der Waals surface area contributed by atoms with Crippen molar-refractivity contribution in [1.82, 2.24) is 0 Å². The molecule has 226 valence electrons. The van der Waals surface area contributed by atoms with Gasteiger partial charge in [0.2, 0.25) is 0 Å². The molecule has 0 radical (unpaired) electrons. The van der Waals surface area contributed by atoms with Crippen LogP contribution in [0.15, 0.2) is 60.8 Å². The van der Waals surface area contributed by atoms with Crippen LogP contribution in [0.3, 0.4) is 0 Å². The zero-order valence-corrected chi connectivity index (χ0v) is 23.5.